The first-order chi connectivity index (χ1) is 12.9. The number of pyridine rings is 1. The van der Waals surface area contributed by atoms with Crippen LogP contribution in [0, 0.1) is 6.92 Å². The predicted octanol–water partition coefficient (Wildman–Crippen LogP) is 3.88. The molecular formula is C17H12F3N7. The molecule has 3 heterocycles. The van der Waals surface area contributed by atoms with Gasteiger partial charge in [0, 0.05) is 11.8 Å². The number of hydrogen-bond donors (Lipinski definition) is 2. The number of benzene rings is 1. The summed E-state index contributed by atoms with van der Waals surface area (Å²) < 4.78 is 40.2. The van der Waals surface area contributed by atoms with Crippen LogP contribution in [0.15, 0.2) is 42.6 Å². The van der Waals surface area contributed by atoms with E-state index in [1.54, 1.807) is 19.1 Å². The number of aromatic nitrogens is 6. The van der Waals surface area contributed by atoms with E-state index < -0.39 is 11.7 Å². The fourth-order valence-electron chi connectivity index (χ4n) is 2.61. The van der Waals surface area contributed by atoms with Crippen molar-refractivity contribution >= 4 is 22.8 Å². The Labute approximate surface area is 150 Å². The molecule has 0 aliphatic heterocycles. The van der Waals surface area contributed by atoms with Crippen LogP contribution in [-0.2, 0) is 6.18 Å². The second-order valence-corrected chi connectivity index (χ2v) is 5.68. The number of aromatic amines is 1. The van der Waals surface area contributed by atoms with Crippen molar-refractivity contribution < 1.29 is 13.2 Å². The number of H-pyrrole nitrogens is 1. The summed E-state index contributed by atoms with van der Waals surface area (Å²) in [5.74, 6) is 0.992. The van der Waals surface area contributed by atoms with E-state index in [9.17, 15) is 13.2 Å². The van der Waals surface area contributed by atoms with E-state index in [4.69, 9.17) is 0 Å². The molecule has 4 rings (SSSR count). The molecule has 3 aromatic heterocycles. The van der Waals surface area contributed by atoms with Crippen LogP contribution in [-0.4, -0.2) is 30.1 Å². The van der Waals surface area contributed by atoms with E-state index in [2.05, 4.69) is 35.5 Å². The molecule has 0 amide bonds. The Morgan fingerprint density at radius 3 is 2.56 bits per heavy atom. The first kappa shape index (κ1) is 16.9. The molecule has 0 aliphatic rings. The van der Waals surface area contributed by atoms with Crippen LogP contribution < -0.4 is 5.32 Å². The van der Waals surface area contributed by atoms with Crippen LogP contribution in [0.5, 0.6) is 0 Å². The van der Waals surface area contributed by atoms with Gasteiger partial charge in [-0.15, -0.1) is 5.10 Å². The number of hydrogen-bond acceptors (Lipinski definition) is 6. The largest absolute Gasteiger partial charge is 0.417 e. The lowest BCUT2D eigenvalue weighted by Crippen LogP contribution is -2.09. The fourth-order valence-corrected chi connectivity index (χ4v) is 2.61. The van der Waals surface area contributed by atoms with Crippen molar-refractivity contribution in [1.29, 1.82) is 0 Å². The zero-order valence-corrected chi connectivity index (χ0v) is 13.9. The molecule has 0 radical (unpaired) electrons. The molecule has 0 saturated carbocycles. The SMILES string of the molecule is Cc1nc(Nc2nc(-c3ccccc3C(F)(F)F)nc3ncccc23)n[nH]1. The van der Waals surface area contributed by atoms with Crippen molar-refractivity contribution in [3.05, 3.63) is 54.0 Å². The maximum absolute atomic E-state index is 13.4. The second kappa shape index (κ2) is 6.31. The molecule has 136 valence electrons. The molecule has 0 spiro atoms. The smallest absolute Gasteiger partial charge is 0.307 e. The second-order valence-electron chi connectivity index (χ2n) is 5.68. The number of nitrogens with zero attached hydrogens (tertiary/aromatic N) is 5. The third kappa shape index (κ3) is 3.28. The lowest BCUT2D eigenvalue weighted by molar-refractivity contribution is -0.137. The van der Waals surface area contributed by atoms with E-state index in [1.807, 2.05) is 0 Å². The standard InChI is InChI=1S/C17H12F3N7/c1-9-22-16(27-26-9)25-15-11-6-4-8-21-13(11)23-14(24-15)10-5-2-3-7-12(10)17(18,19)20/h2-8H,1H3,(H2,21,22,23,24,25,26,27). The monoisotopic (exact) mass is 371 g/mol. The Balaban J connectivity index is 1.91. The van der Waals surface area contributed by atoms with Gasteiger partial charge in [0.15, 0.2) is 11.5 Å². The predicted molar refractivity (Wildman–Crippen MR) is 92.2 cm³/mol. The van der Waals surface area contributed by atoms with Crippen molar-refractivity contribution in [2.75, 3.05) is 5.32 Å². The molecule has 10 heteroatoms. The minimum absolute atomic E-state index is 0.0936. The Kier molecular flexibility index (Phi) is 3.94. The average Bonchev–Trinajstić information content (AvgIpc) is 3.06. The van der Waals surface area contributed by atoms with Gasteiger partial charge >= 0.3 is 6.18 Å². The first-order valence-corrected chi connectivity index (χ1v) is 7.87. The number of anilines is 2. The van der Waals surface area contributed by atoms with Crippen molar-refractivity contribution in [3.63, 3.8) is 0 Å². The van der Waals surface area contributed by atoms with Gasteiger partial charge in [0.1, 0.15) is 11.6 Å². The number of aryl methyl sites for hydroxylation is 1. The molecule has 0 saturated heterocycles. The highest BCUT2D eigenvalue weighted by Crippen LogP contribution is 2.36. The molecule has 7 nitrogen and oxygen atoms in total. The lowest BCUT2D eigenvalue weighted by atomic mass is 10.1. The summed E-state index contributed by atoms with van der Waals surface area (Å²) in [7, 11) is 0. The maximum atomic E-state index is 13.4. The normalized spacial score (nSPS) is 11.7. The van der Waals surface area contributed by atoms with E-state index in [0.717, 1.165) is 6.07 Å². The molecule has 0 fully saturated rings. The highest BCUT2D eigenvalue weighted by molar-refractivity contribution is 5.89. The minimum Gasteiger partial charge on any atom is -0.307 e. The molecule has 1 aromatic carbocycles. The maximum Gasteiger partial charge on any atom is 0.417 e. The van der Waals surface area contributed by atoms with Gasteiger partial charge in [-0.05, 0) is 25.1 Å². The highest BCUT2D eigenvalue weighted by Gasteiger charge is 2.34. The van der Waals surface area contributed by atoms with Gasteiger partial charge in [-0.3, -0.25) is 5.10 Å². The number of nitrogens with one attached hydrogen (secondary N) is 2. The summed E-state index contributed by atoms with van der Waals surface area (Å²) in [5, 5.41) is 10.1. The summed E-state index contributed by atoms with van der Waals surface area (Å²) in [6.45, 7) is 1.73. The van der Waals surface area contributed by atoms with Gasteiger partial charge in [-0.2, -0.15) is 18.2 Å². The van der Waals surface area contributed by atoms with E-state index in [0.29, 0.717) is 11.2 Å². The van der Waals surface area contributed by atoms with Crippen LogP contribution in [0.2, 0.25) is 0 Å². The van der Waals surface area contributed by atoms with E-state index >= 15 is 0 Å². The number of fused-ring (bicyclic) bond motifs is 1. The van der Waals surface area contributed by atoms with Gasteiger partial charge < -0.3 is 5.32 Å². The Hall–Kier alpha value is -3.56. The topological polar surface area (TPSA) is 92.3 Å². The summed E-state index contributed by atoms with van der Waals surface area (Å²) >= 11 is 0. The zero-order chi connectivity index (χ0) is 19.0. The minimum atomic E-state index is -4.53. The average molecular weight is 371 g/mol. The van der Waals surface area contributed by atoms with Gasteiger partial charge in [0.2, 0.25) is 5.95 Å². The quantitative estimate of drug-likeness (QED) is 0.568. The summed E-state index contributed by atoms with van der Waals surface area (Å²) in [6.07, 6.45) is -3.02. The molecule has 0 bridgehead atoms. The fraction of sp³-hybridized carbons (Fsp3) is 0.118. The van der Waals surface area contributed by atoms with Gasteiger partial charge in [0.05, 0.1) is 10.9 Å². The Bertz CT molecular complexity index is 1120. The molecule has 0 aliphatic carbocycles. The highest BCUT2D eigenvalue weighted by atomic mass is 19.4. The molecule has 0 atom stereocenters. The first-order valence-electron chi connectivity index (χ1n) is 7.87. The van der Waals surface area contributed by atoms with Crippen LogP contribution in [0.1, 0.15) is 11.4 Å². The third-order valence-corrected chi connectivity index (χ3v) is 3.77. The van der Waals surface area contributed by atoms with E-state index in [-0.39, 0.29) is 28.8 Å². The van der Waals surface area contributed by atoms with Crippen molar-refractivity contribution in [2.45, 2.75) is 13.1 Å². The number of alkyl halides is 3. The summed E-state index contributed by atoms with van der Waals surface area (Å²) in [6, 6.07) is 8.54. The van der Waals surface area contributed by atoms with Crippen LogP contribution in [0.3, 0.4) is 0 Å². The molecule has 0 unspecified atom stereocenters. The van der Waals surface area contributed by atoms with Crippen molar-refractivity contribution in [3.8, 4) is 11.4 Å². The Morgan fingerprint density at radius 1 is 1.00 bits per heavy atom. The Morgan fingerprint density at radius 2 is 1.81 bits per heavy atom. The lowest BCUT2D eigenvalue weighted by Gasteiger charge is -2.13. The summed E-state index contributed by atoms with van der Waals surface area (Å²) in [5.41, 5.74) is -0.694. The van der Waals surface area contributed by atoms with Crippen LogP contribution in [0.4, 0.5) is 24.9 Å². The number of halogens is 3. The summed E-state index contributed by atoms with van der Waals surface area (Å²) in [4.78, 5) is 16.8. The van der Waals surface area contributed by atoms with Crippen LogP contribution >= 0.6 is 0 Å². The van der Waals surface area contributed by atoms with Crippen molar-refractivity contribution in [2.24, 2.45) is 0 Å². The molecule has 2 N–H and O–H groups in total. The zero-order valence-electron chi connectivity index (χ0n) is 13.9. The number of rotatable bonds is 3. The van der Waals surface area contributed by atoms with Gasteiger partial charge in [-0.1, -0.05) is 18.2 Å². The van der Waals surface area contributed by atoms with E-state index in [1.165, 1.54) is 24.4 Å². The third-order valence-electron chi connectivity index (χ3n) is 3.77. The van der Waals surface area contributed by atoms with Gasteiger partial charge in [0.25, 0.3) is 0 Å². The van der Waals surface area contributed by atoms with Crippen LogP contribution in [0.25, 0.3) is 22.4 Å². The molecular weight excluding hydrogens is 359 g/mol. The molecule has 27 heavy (non-hydrogen) atoms. The van der Waals surface area contributed by atoms with Gasteiger partial charge in [-0.25, -0.2) is 15.0 Å². The van der Waals surface area contributed by atoms with Crippen molar-refractivity contribution in [1.82, 2.24) is 30.1 Å². The molecule has 4 aromatic rings.